The van der Waals surface area contributed by atoms with Crippen molar-refractivity contribution in [2.45, 2.75) is 367 Å². The van der Waals surface area contributed by atoms with Gasteiger partial charge in [0.25, 0.3) is 0 Å². The molecule has 0 bridgehead atoms. The first kappa shape index (κ1) is 58.0. The average molecular weight is 816 g/mol. The van der Waals surface area contributed by atoms with Crippen LogP contribution in [-0.2, 0) is 0 Å². The van der Waals surface area contributed by atoms with Crippen LogP contribution in [0.3, 0.4) is 0 Å². The summed E-state index contributed by atoms with van der Waals surface area (Å²) in [5.74, 6) is 0.963. The van der Waals surface area contributed by atoms with E-state index in [1.165, 1.54) is 347 Å². The topological polar surface area (TPSA) is 0 Å². The molecule has 0 rings (SSSR count). The molecule has 0 amide bonds. The van der Waals surface area contributed by atoms with Gasteiger partial charge in [-0.1, -0.05) is 367 Å². The maximum absolute atomic E-state index is 2.52. The number of rotatable bonds is 54. The number of hydrogen-bond donors (Lipinski definition) is 0. The Bertz CT molecular complexity index is 665. The molecule has 1 unspecified atom stereocenters. The van der Waals surface area contributed by atoms with E-state index in [1.807, 2.05) is 0 Å². The van der Waals surface area contributed by atoms with E-state index in [2.05, 4.69) is 20.8 Å². The molecular weight excluding hydrogens is 697 g/mol. The van der Waals surface area contributed by atoms with Crippen LogP contribution in [0.2, 0.25) is 0 Å². The van der Waals surface area contributed by atoms with Crippen molar-refractivity contribution in [1.29, 1.82) is 0 Å². The van der Waals surface area contributed by atoms with Gasteiger partial charge in [-0.25, -0.2) is 0 Å². The summed E-state index contributed by atoms with van der Waals surface area (Å²) in [6.07, 6.45) is 80.2. The van der Waals surface area contributed by atoms with Gasteiger partial charge in [0.15, 0.2) is 0 Å². The molecule has 0 radical (unpaired) electrons. The summed E-state index contributed by atoms with van der Waals surface area (Å²) in [6.45, 7) is 7.15. The normalized spacial score (nSPS) is 12.3. The fraction of sp³-hybridized carbons (Fsp3) is 1.00. The number of unbranched alkanes of at least 4 members (excludes halogenated alkanes) is 50. The lowest BCUT2D eigenvalue weighted by Gasteiger charge is -2.11. The second-order valence-corrected chi connectivity index (χ2v) is 20.4. The highest BCUT2D eigenvalue weighted by Crippen LogP contribution is 2.21. The van der Waals surface area contributed by atoms with Crippen LogP contribution in [-0.4, -0.2) is 0 Å². The van der Waals surface area contributed by atoms with Crippen molar-refractivity contribution in [2.75, 3.05) is 0 Å². The van der Waals surface area contributed by atoms with Crippen molar-refractivity contribution in [1.82, 2.24) is 0 Å². The summed E-state index contributed by atoms with van der Waals surface area (Å²) in [5.41, 5.74) is 0. The Kier molecular flexibility index (Phi) is 55.0. The third-order valence-corrected chi connectivity index (χ3v) is 14.1. The van der Waals surface area contributed by atoms with Gasteiger partial charge in [0.05, 0.1) is 0 Å². The second-order valence-electron chi connectivity index (χ2n) is 20.4. The highest BCUT2D eigenvalue weighted by molar-refractivity contribution is 4.58. The third-order valence-electron chi connectivity index (χ3n) is 14.1. The maximum Gasteiger partial charge on any atom is -0.0443 e. The van der Waals surface area contributed by atoms with Crippen LogP contribution < -0.4 is 0 Å². The van der Waals surface area contributed by atoms with Crippen LogP contribution >= 0.6 is 0 Å². The van der Waals surface area contributed by atoms with E-state index >= 15 is 0 Å². The zero-order valence-electron chi connectivity index (χ0n) is 41.8. The first-order chi connectivity index (χ1) is 28.8. The van der Waals surface area contributed by atoms with Crippen molar-refractivity contribution < 1.29 is 0 Å². The zero-order valence-corrected chi connectivity index (χ0v) is 41.8. The highest BCUT2D eigenvalue weighted by atomic mass is 14.1. The van der Waals surface area contributed by atoms with Gasteiger partial charge in [-0.15, -0.1) is 0 Å². The Morgan fingerprint density at radius 1 is 0.155 bits per heavy atom. The summed E-state index contributed by atoms with van der Waals surface area (Å²) >= 11 is 0. The molecule has 0 aliphatic carbocycles. The molecule has 0 aromatic rings. The maximum atomic E-state index is 2.52. The monoisotopic (exact) mass is 815 g/mol. The van der Waals surface area contributed by atoms with Crippen LogP contribution in [0.1, 0.15) is 367 Å². The molecule has 0 aromatic carbocycles. The lowest BCUT2D eigenvalue weighted by molar-refractivity contribution is 0.429. The van der Waals surface area contributed by atoms with Gasteiger partial charge in [-0.3, -0.25) is 0 Å². The summed E-state index contributed by atoms with van der Waals surface area (Å²) in [5, 5.41) is 0. The molecule has 0 aliphatic heterocycles. The van der Waals surface area contributed by atoms with Crippen molar-refractivity contribution in [3.05, 3.63) is 0 Å². The lowest BCUT2D eigenvalue weighted by Crippen LogP contribution is -1.95. The quantitative estimate of drug-likeness (QED) is 0.0537. The minimum atomic E-state index is 0.963. The SMILES string of the molecule is CCCCCCCCCCCCCCCCCCCCCCCCCCCCCCCCCCCCCCCCCC(C)CCCCCCCCCCCCCCC. The lowest BCUT2D eigenvalue weighted by atomic mass is 9.95. The Hall–Kier alpha value is 0. The van der Waals surface area contributed by atoms with E-state index in [0.29, 0.717) is 0 Å². The van der Waals surface area contributed by atoms with E-state index in [0.717, 1.165) is 5.92 Å². The molecule has 0 saturated heterocycles. The molecule has 0 N–H and O–H groups in total. The molecule has 0 spiro atoms. The predicted molar refractivity (Wildman–Crippen MR) is 270 cm³/mol. The fourth-order valence-corrected chi connectivity index (χ4v) is 9.76. The van der Waals surface area contributed by atoms with E-state index in [9.17, 15) is 0 Å². The van der Waals surface area contributed by atoms with Crippen molar-refractivity contribution >= 4 is 0 Å². The molecule has 0 aliphatic rings. The molecule has 0 saturated carbocycles. The Labute approximate surface area is 372 Å². The Balaban J connectivity index is 3.11. The van der Waals surface area contributed by atoms with E-state index < -0.39 is 0 Å². The van der Waals surface area contributed by atoms with Crippen LogP contribution in [0.15, 0.2) is 0 Å². The summed E-state index contributed by atoms with van der Waals surface area (Å²) in [7, 11) is 0. The summed E-state index contributed by atoms with van der Waals surface area (Å²) < 4.78 is 0. The fourth-order valence-electron chi connectivity index (χ4n) is 9.76. The zero-order chi connectivity index (χ0) is 41.8. The standard InChI is InChI=1S/C58H118/c1-4-6-8-10-12-14-16-18-19-20-21-22-23-24-25-26-27-28-29-30-31-32-33-34-35-36-37-38-39-40-41-42-43-45-47-49-51-53-55-57-58(3)56-54-52-50-48-46-44-17-15-13-11-9-7-5-2/h58H,4-57H2,1-3H3. The van der Waals surface area contributed by atoms with E-state index in [-0.39, 0.29) is 0 Å². The van der Waals surface area contributed by atoms with Crippen LogP contribution in [0.4, 0.5) is 0 Å². The molecule has 58 heavy (non-hydrogen) atoms. The van der Waals surface area contributed by atoms with Gasteiger partial charge in [0.1, 0.15) is 0 Å². The highest BCUT2D eigenvalue weighted by Gasteiger charge is 2.03. The molecule has 1 atom stereocenters. The van der Waals surface area contributed by atoms with Crippen LogP contribution in [0, 0.1) is 5.92 Å². The second kappa shape index (κ2) is 55.0. The van der Waals surface area contributed by atoms with Gasteiger partial charge in [0, 0.05) is 0 Å². The van der Waals surface area contributed by atoms with E-state index in [1.54, 1.807) is 0 Å². The Morgan fingerprint density at radius 3 is 0.379 bits per heavy atom. The van der Waals surface area contributed by atoms with Crippen molar-refractivity contribution in [2.24, 2.45) is 5.92 Å². The van der Waals surface area contributed by atoms with Crippen LogP contribution in [0.5, 0.6) is 0 Å². The average Bonchev–Trinajstić information content (AvgIpc) is 3.23. The summed E-state index contributed by atoms with van der Waals surface area (Å²) in [6, 6.07) is 0. The summed E-state index contributed by atoms with van der Waals surface area (Å²) in [4.78, 5) is 0. The first-order valence-corrected chi connectivity index (χ1v) is 28.8. The van der Waals surface area contributed by atoms with Gasteiger partial charge in [-0.05, 0) is 5.92 Å². The van der Waals surface area contributed by atoms with Gasteiger partial charge < -0.3 is 0 Å². The molecule has 350 valence electrons. The predicted octanol–water partition coefficient (Wildman–Crippen LogP) is 22.7. The first-order valence-electron chi connectivity index (χ1n) is 28.8. The molecule has 0 heterocycles. The molecule has 0 fully saturated rings. The molecule has 0 nitrogen and oxygen atoms in total. The van der Waals surface area contributed by atoms with Crippen LogP contribution in [0.25, 0.3) is 0 Å². The van der Waals surface area contributed by atoms with E-state index in [4.69, 9.17) is 0 Å². The molecule has 0 aromatic heterocycles. The van der Waals surface area contributed by atoms with Crippen molar-refractivity contribution in [3.63, 3.8) is 0 Å². The molecule has 0 heteroatoms. The van der Waals surface area contributed by atoms with Gasteiger partial charge in [-0.2, -0.15) is 0 Å². The Morgan fingerprint density at radius 2 is 0.259 bits per heavy atom. The van der Waals surface area contributed by atoms with Gasteiger partial charge >= 0.3 is 0 Å². The largest absolute Gasteiger partial charge is 0.0654 e. The minimum absolute atomic E-state index is 0.963. The molecular formula is C58H118. The third kappa shape index (κ3) is 54.0. The van der Waals surface area contributed by atoms with Crippen molar-refractivity contribution in [3.8, 4) is 0 Å². The van der Waals surface area contributed by atoms with Gasteiger partial charge in [0.2, 0.25) is 0 Å². The smallest absolute Gasteiger partial charge is 0.0443 e. The number of hydrogen-bond acceptors (Lipinski definition) is 0. The minimum Gasteiger partial charge on any atom is -0.0654 e.